The molecule has 482 valence electrons. The van der Waals surface area contributed by atoms with Crippen molar-refractivity contribution in [2.75, 3.05) is 47.5 Å². The summed E-state index contributed by atoms with van der Waals surface area (Å²) < 4.78 is 34.3. The molecular formula is C72H136NO8P. The fourth-order valence-corrected chi connectivity index (χ4v) is 11.1. The second-order valence-electron chi connectivity index (χ2n) is 25.2. The molecule has 0 amide bonds. The Morgan fingerprint density at radius 2 is 0.659 bits per heavy atom. The Labute approximate surface area is 509 Å². The van der Waals surface area contributed by atoms with Gasteiger partial charge < -0.3 is 27.9 Å². The topological polar surface area (TPSA) is 111 Å². The van der Waals surface area contributed by atoms with Crippen LogP contribution in [0, 0.1) is 0 Å². The molecule has 0 fully saturated rings. The van der Waals surface area contributed by atoms with Gasteiger partial charge in [-0.2, -0.15) is 0 Å². The van der Waals surface area contributed by atoms with Crippen LogP contribution in [0.4, 0.5) is 0 Å². The minimum atomic E-state index is -4.64. The smallest absolute Gasteiger partial charge is 0.306 e. The van der Waals surface area contributed by atoms with Crippen LogP contribution in [-0.2, 0) is 32.7 Å². The van der Waals surface area contributed by atoms with E-state index in [4.69, 9.17) is 18.5 Å². The van der Waals surface area contributed by atoms with Crippen molar-refractivity contribution < 1.29 is 42.1 Å². The zero-order valence-corrected chi connectivity index (χ0v) is 55.8. The summed E-state index contributed by atoms with van der Waals surface area (Å²) in [4.78, 5) is 38.0. The molecule has 0 saturated carbocycles. The number of carbonyl (C=O) groups is 2. The summed E-state index contributed by atoms with van der Waals surface area (Å²) in [6, 6.07) is 0. The van der Waals surface area contributed by atoms with Crippen LogP contribution in [0.15, 0.2) is 48.6 Å². The first kappa shape index (κ1) is 80.0. The van der Waals surface area contributed by atoms with Gasteiger partial charge in [0.25, 0.3) is 7.82 Å². The molecule has 9 nitrogen and oxygen atoms in total. The van der Waals surface area contributed by atoms with E-state index in [0.717, 1.165) is 70.6 Å². The van der Waals surface area contributed by atoms with E-state index < -0.39 is 26.5 Å². The standard InChI is InChI=1S/C72H136NO8P/c1-6-8-10-12-14-16-18-20-22-24-26-28-29-30-31-32-33-34-35-36-37-38-39-40-41-42-43-45-46-48-50-52-54-56-58-60-62-64-71(74)78-68-70(69-80-82(76,77)79-67-66-73(3,4)5)81-72(75)65-63-61-59-57-55-53-51-49-47-44-27-25-23-21-19-17-15-13-11-9-7-2/h19,21,24-27,47,49,70H,6-18,20,22-23,28-46,48,50-69H2,1-5H3/b21-19-,26-24-,27-25-,49-47-. The van der Waals surface area contributed by atoms with Crippen molar-refractivity contribution in [2.45, 2.75) is 354 Å². The van der Waals surface area contributed by atoms with Crippen LogP contribution in [0.2, 0.25) is 0 Å². The molecule has 0 bridgehead atoms. The highest BCUT2D eigenvalue weighted by molar-refractivity contribution is 7.45. The number of quaternary nitrogens is 1. The van der Waals surface area contributed by atoms with Gasteiger partial charge in [-0.05, 0) is 77.0 Å². The minimum Gasteiger partial charge on any atom is -0.756 e. The average Bonchev–Trinajstić information content (AvgIpc) is 3.46. The Kier molecular flexibility index (Phi) is 61.9. The number of unbranched alkanes of at least 4 members (excludes halogenated alkanes) is 44. The molecule has 0 aliphatic rings. The molecule has 0 rings (SSSR count). The number of esters is 2. The van der Waals surface area contributed by atoms with Gasteiger partial charge in [-0.25, -0.2) is 0 Å². The van der Waals surface area contributed by atoms with Crippen LogP contribution in [0.1, 0.15) is 348 Å². The van der Waals surface area contributed by atoms with Crippen LogP contribution in [0.5, 0.6) is 0 Å². The number of carbonyl (C=O) groups excluding carboxylic acids is 2. The van der Waals surface area contributed by atoms with E-state index in [1.807, 2.05) is 21.1 Å². The lowest BCUT2D eigenvalue weighted by Gasteiger charge is -2.28. The van der Waals surface area contributed by atoms with E-state index in [1.165, 1.54) is 244 Å². The number of allylic oxidation sites excluding steroid dienone is 8. The van der Waals surface area contributed by atoms with Crippen molar-refractivity contribution in [3.63, 3.8) is 0 Å². The Bertz CT molecular complexity index is 1520. The van der Waals surface area contributed by atoms with Gasteiger partial charge in [-0.15, -0.1) is 0 Å². The van der Waals surface area contributed by atoms with Crippen LogP contribution in [0.25, 0.3) is 0 Å². The van der Waals surface area contributed by atoms with Crippen LogP contribution in [-0.4, -0.2) is 70.0 Å². The molecule has 0 spiro atoms. The summed E-state index contributed by atoms with van der Waals surface area (Å²) in [5.74, 6) is -0.833. The lowest BCUT2D eigenvalue weighted by Crippen LogP contribution is -2.37. The maximum atomic E-state index is 12.8. The molecule has 82 heavy (non-hydrogen) atoms. The highest BCUT2D eigenvalue weighted by Crippen LogP contribution is 2.38. The molecule has 0 aliphatic carbocycles. The lowest BCUT2D eigenvalue weighted by atomic mass is 10.0. The summed E-state index contributed by atoms with van der Waals surface area (Å²) in [5, 5.41) is 0. The first-order chi connectivity index (χ1) is 40.0. The fraction of sp³-hybridized carbons (Fsp3) is 0.861. The van der Waals surface area contributed by atoms with Crippen molar-refractivity contribution >= 4 is 19.8 Å². The third kappa shape index (κ3) is 67.1. The van der Waals surface area contributed by atoms with Crippen LogP contribution >= 0.6 is 7.82 Å². The van der Waals surface area contributed by atoms with Crippen molar-refractivity contribution in [1.29, 1.82) is 0 Å². The first-order valence-electron chi connectivity index (χ1n) is 35.3. The third-order valence-electron chi connectivity index (χ3n) is 15.8. The highest BCUT2D eigenvalue weighted by Gasteiger charge is 2.22. The first-order valence-corrected chi connectivity index (χ1v) is 36.8. The van der Waals surface area contributed by atoms with Gasteiger partial charge >= 0.3 is 11.9 Å². The Hall–Kier alpha value is -2.03. The van der Waals surface area contributed by atoms with E-state index in [0.29, 0.717) is 17.4 Å². The van der Waals surface area contributed by atoms with Gasteiger partial charge in [0.1, 0.15) is 19.8 Å². The highest BCUT2D eigenvalue weighted by atomic mass is 31.2. The summed E-state index contributed by atoms with van der Waals surface area (Å²) in [7, 11) is 1.17. The molecule has 0 heterocycles. The molecule has 0 saturated heterocycles. The predicted molar refractivity (Wildman–Crippen MR) is 351 cm³/mol. The Balaban J connectivity index is 3.95. The number of phosphoric ester groups is 1. The zero-order chi connectivity index (χ0) is 59.8. The van der Waals surface area contributed by atoms with Crippen molar-refractivity contribution in [1.82, 2.24) is 0 Å². The molecule has 10 heteroatoms. The van der Waals surface area contributed by atoms with Gasteiger partial charge in [0.2, 0.25) is 0 Å². The quantitative estimate of drug-likeness (QED) is 0.0195. The van der Waals surface area contributed by atoms with Gasteiger partial charge in [0.15, 0.2) is 6.10 Å². The summed E-state index contributed by atoms with van der Waals surface area (Å²) in [6.07, 6.45) is 82.1. The number of hydrogen-bond acceptors (Lipinski definition) is 8. The molecule has 0 radical (unpaired) electrons. The van der Waals surface area contributed by atoms with Gasteiger partial charge in [0, 0.05) is 12.8 Å². The Morgan fingerprint density at radius 1 is 0.378 bits per heavy atom. The average molecular weight is 1170 g/mol. The van der Waals surface area contributed by atoms with Crippen molar-refractivity contribution in [3.05, 3.63) is 48.6 Å². The minimum absolute atomic E-state index is 0.0330. The number of phosphoric acid groups is 1. The number of likely N-dealkylation sites (N-methyl/N-ethyl adjacent to an activating group) is 1. The van der Waals surface area contributed by atoms with E-state index in [1.54, 1.807) is 0 Å². The van der Waals surface area contributed by atoms with E-state index >= 15 is 0 Å². The monoisotopic (exact) mass is 1170 g/mol. The van der Waals surface area contributed by atoms with Crippen LogP contribution in [0.3, 0.4) is 0 Å². The predicted octanol–water partition coefficient (Wildman–Crippen LogP) is 22.2. The maximum absolute atomic E-state index is 12.8. The molecule has 0 N–H and O–H groups in total. The number of ether oxygens (including phenoxy) is 2. The molecule has 0 aromatic heterocycles. The SMILES string of the molecule is CCCCCCC/C=C\C/C=C\C/C=C\CCCCCCCCC(=O)OC(COC(=O)CCCCCCCCCCCCCCCCCCCCCCCCCCC/C=C\CCCCCCCCCC)COP(=O)([O-])OCC[N+](C)(C)C. The number of hydrogen-bond donors (Lipinski definition) is 0. The summed E-state index contributed by atoms with van der Waals surface area (Å²) >= 11 is 0. The molecule has 0 aromatic carbocycles. The largest absolute Gasteiger partial charge is 0.756 e. The van der Waals surface area contributed by atoms with E-state index in [2.05, 4.69) is 62.5 Å². The zero-order valence-electron chi connectivity index (χ0n) is 55.0. The van der Waals surface area contributed by atoms with Gasteiger partial charge in [-0.1, -0.05) is 306 Å². The van der Waals surface area contributed by atoms with Crippen molar-refractivity contribution in [2.24, 2.45) is 0 Å². The molecular weight excluding hydrogens is 1040 g/mol. The molecule has 0 aliphatic heterocycles. The molecule has 2 atom stereocenters. The normalized spacial score (nSPS) is 13.4. The maximum Gasteiger partial charge on any atom is 0.306 e. The Morgan fingerprint density at radius 3 is 0.988 bits per heavy atom. The summed E-state index contributed by atoms with van der Waals surface area (Å²) in [6.45, 7) is 4.26. The number of nitrogens with zero attached hydrogens (tertiary/aromatic N) is 1. The molecule has 2 unspecified atom stereocenters. The van der Waals surface area contributed by atoms with E-state index in [9.17, 15) is 19.0 Å². The second-order valence-corrected chi connectivity index (χ2v) is 26.7. The van der Waals surface area contributed by atoms with E-state index in [-0.39, 0.29) is 32.0 Å². The fourth-order valence-electron chi connectivity index (χ4n) is 10.4. The van der Waals surface area contributed by atoms with Crippen LogP contribution < -0.4 is 4.89 Å². The second kappa shape index (κ2) is 63.5. The summed E-state index contributed by atoms with van der Waals surface area (Å²) in [5.41, 5.74) is 0. The number of rotatable bonds is 66. The third-order valence-corrected chi connectivity index (χ3v) is 16.8. The lowest BCUT2D eigenvalue weighted by molar-refractivity contribution is -0.870. The van der Waals surface area contributed by atoms with Crippen molar-refractivity contribution in [3.8, 4) is 0 Å². The molecule has 0 aromatic rings. The van der Waals surface area contributed by atoms with Gasteiger partial charge in [0.05, 0.1) is 27.7 Å². The van der Waals surface area contributed by atoms with Gasteiger partial charge in [-0.3, -0.25) is 14.2 Å².